The molecule has 4 rings (SSSR count). The molecule has 2 heterocycles. The van der Waals surface area contributed by atoms with E-state index in [-0.39, 0.29) is 0 Å². The van der Waals surface area contributed by atoms with Crippen molar-refractivity contribution in [1.29, 1.82) is 0 Å². The number of fused-ring (bicyclic) bond motifs is 3. The SMILES string of the molecule is CCCCCCCCCCCCc1ccc(-c2cc3sc4ccccc4c3s2)cc1. The van der Waals surface area contributed by atoms with E-state index < -0.39 is 0 Å². The number of aryl methyl sites for hydroxylation is 1. The molecule has 0 nitrogen and oxygen atoms in total. The lowest BCUT2D eigenvalue weighted by Crippen LogP contribution is -1.87. The Morgan fingerprint density at radius 1 is 0.633 bits per heavy atom. The molecule has 0 atom stereocenters. The van der Waals surface area contributed by atoms with Crippen LogP contribution in [0.5, 0.6) is 0 Å². The Labute approximate surface area is 190 Å². The van der Waals surface area contributed by atoms with Gasteiger partial charge in [0, 0.05) is 19.7 Å². The molecule has 158 valence electrons. The summed E-state index contributed by atoms with van der Waals surface area (Å²) < 4.78 is 4.27. The Balaban J connectivity index is 1.22. The van der Waals surface area contributed by atoms with Crippen molar-refractivity contribution in [2.24, 2.45) is 0 Å². The lowest BCUT2D eigenvalue weighted by atomic mass is 10.0. The summed E-state index contributed by atoms with van der Waals surface area (Å²) in [6.45, 7) is 2.29. The summed E-state index contributed by atoms with van der Waals surface area (Å²) in [4.78, 5) is 1.40. The van der Waals surface area contributed by atoms with Gasteiger partial charge in [0.25, 0.3) is 0 Å². The molecule has 0 spiro atoms. The quantitative estimate of drug-likeness (QED) is 0.194. The van der Waals surface area contributed by atoms with Gasteiger partial charge in [-0.2, -0.15) is 0 Å². The maximum atomic E-state index is 2.38. The van der Waals surface area contributed by atoms with Crippen molar-refractivity contribution in [3.05, 3.63) is 60.2 Å². The Bertz CT molecular complexity index is 1040. The fraction of sp³-hybridized carbons (Fsp3) is 0.429. The van der Waals surface area contributed by atoms with Gasteiger partial charge in [-0.25, -0.2) is 0 Å². The van der Waals surface area contributed by atoms with Gasteiger partial charge in [-0.1, -0.05) is 107 Å². The highest BCUT2D eigenvalue weighted by Crippen LogP contribution is 2.42. The van der Waals surface area contributed by atoms with E-state index in [1.165, 1.54) is 106 Å². The van der Waals surface area contributed by atoms with Gasteiger partial charge in [-0.15, -0.1) is 22.7 Å². The first-order valence-electron chi connectivity index (χ1n) is 11.9. The highest BCUT2D eigenvalue weighted by molar-refractivity contribution is 7.33. The first kappa shape index (κ1) is 21.6. The molecule has 0 aliphatic rings. The van der Waals surface area contributed by atoms with Crippen LogP contribution in [-0.2, 0) is 6.42 Å². The van der Waals surface area contributed by atoms with Gasteiger partial charge < -0.3 is 0 Å². The van der Waals surface area contributed by atoms with E-state index >= 15 is 0 Å². The molecule has 0 unspecified atom stereocenters. The molecule has 0 bridgehead atoms. The van der Waals surface area contributed by atoms with Crippen LogP contribution in [0.4, 0.5) is 0 Å². The van der Waals surface area contributed by atoms with E-state index in [1.54, 1.807) is 0 Å². The monoisotopic (exact) mass is 434 g/mol. The van der Waals surface area contributed by atoms with Gasteiger partial charge in [0.05, 0.1) is 4.70 Å². The molecule has 0 saturated heterocycles. The minimum Gasteiger partial charge on any atom is -0.134 e. The third kappa shape index (κ3) is 5.53. The molecule has 2 heteroatoms. The molecule has 0 amide bonds. The van der Waals surface area contributed by atoms with Crippen LogP contribution in [0.1, 0.15) is 76.7 Å². The molecule has 0 N–H and O–H groups in total. The van der Waals surface area contributed by atoms with Crippen molar-refractivity contribution in [2.75, 3.05) is 0 Å². The zero-order valence-corrected chi connectivity index (χ0v) is 19.9. The van der Waals surface area contributed by atoms with Gasteiger partial charge in [0.15, 0.2) is 0 Å². The average Bonchev–Trinajstić information content (AvgIpc) is 3.34. The van der Waals surface area contributed by atoms with E-state index in [9.17, 15) is 0 Å². The molecule has 2 aromatic heterocycles. The lowest BCUT2D eigenvalue weighted by Gasteiger charge is -2.04. The zero-order chi connectivity index (χ0) is 20.6. The molecule has 30 heavy (non-hydrogen) atoms. The molecule has 0 fully saturated rings. The van der Waals surface area contributed by atoms with Crippen molar-refractivity contribution in [2.45, 2.75) is 77.6 Å². The molecule has 0 radical (unpaired) electrons. The van der Waals surface area contributed by atoms with Gasteiger partial charge in [0.2, 0.25) is 0 Å². The first-order chi connectivity index (χ1) is 14.8. The largest absolute Gasteiger partial charge is 0.134 e. The number of rotatable bonds is 12. The summed E-state index contributed by atoms with van der Waals surface area (Å²) in [5, 5.41) is 1.41. The summed E-state index contributed by atoms with van der Waals surface area (Å²) >= 11 is 3.85. The van der Waals surface area contributed by atoms with Crippen molar-refractivity contribution >= 4 is 42.2 Å². The van der Waals surface area contributed by atoms with Crippen LogP contribution in [0.25, 0.3) is 29.9 Å². The van der Waals surface area contributed by atoms with E-state index in [1.807, 2.05) is 22.7 Å². The minimum absolute atomic E-state index is 1.22. The van der Waals surface area contributed by atoms with Crippen LogP contribution in [0.3, 0.4) is 0 Å². The zero-order valence-electron chi connectivity index (χ0n) is 18.3. The van der Waals surface area contributed by atoms with Crippen LogP contribution < -0.4 is 0 Å². The average molecular weight is 435 g/mol. The molecule has 0 saturated carbocycles. The second-order valence-electron chi connectivity index (χ2n) is 8.53. The van der Waals surface area contributed by atoms with Crippen molar-refractivity contribution < 1.29 is 0 Å². The summed E-state index contributed by atoms with van der Waals surface area (Å²) in [6, 6.07) is 20.5. The number of hydrogen-bond donors (Lipinski definition) is 0. The number of hydrogen-bond acceptors (Lipinski definition) is 2. The third-order valence-corrected chi connectivity index (χ3v) is 8.57. The van der Waals surface area contributed by atoms with Crippen LogP contribution in [0.15, 0.2) is 54.6 Å². The predicted molar refractivity (Wildman–Crippen MR) is 138 cm³/mol. The second-order valence-corrected chi connectivity index (χ2v) is 10.7. The molecular weight excluding hydrogens is 400 g/mol. The Morgan fingerprint density at radius 3 is 2.03 bits per heavy atom. The van der Waals surface area contributed by atoms with E-state index in [0.29, 0.717) is 0 Å². The third-order valence-electron chi connectivity index (χ3n) is 6.11. The second kappa shape index (κ2) is 11.1. The molecular formula is C28H34S2. The highest BCUT2D eigenvalue weighted by Gasteiger charge is 2.10. The maximum absolute atomic E-state index is 2.38. The summed E-state index contributed by atoms with van der Waals surface area (Å²) in [7, 11) is 0. The fourth-order valence-corrected chi connectivity index (χ4v) is 6.82. The van der Waals surface area contributed by atoms with Gasteiger partial charge in [-0.05, 0) is 36.1 Å². The van der Waals surface area contributed by atoms with E-state index in [0.717, 1.165) is 0 Å². The summed E-state index contributed by atoms with van der Waals surface area (Å²) in [5.41, 5.74) is 2.85. The Hall–Kier alpha value is -1.64. The lowest BCUT2D eigenvalue weighted by molar-refractivity contribution is 0.556. The van der Waals surface area contributed by atoms with Crippen LogP contribution in [0, 0.1) is 0 Å². The summed E-state index contributed by atoms with van der Waals surface area (Å²) in [6.07, 6.45) is 15.3. The fourth-order valence-electron chi connectivity index (χ4n) is 4.29. The minimum atomic E-state index is 1.22. The molecule has 4 aromatic rings. The van der Waals surface area contributed by atoms with Gasteiger partial charge in [0.1, 0.15) is 0 Å². The molecule has 2 aromatic carbocycles. The normalized spacial score (nSPS) is 11.6. The maximum Gasteiger partial charge on any atom is 0.0535 e. The summed E-state index contributed by atoms with van der Waals surface area (Å²) in [5.74, 6) is 0. The van der Waals surface area contributed by atoms with Crippen LogP contribution >= 0.6 is 22.7 Å². The molecule has 0 aliphatic carbocycles. The van der Waals surface area contributed by atoms with E-state index in [4.69, 9.17) is 0 Å². The van der Waals surface area contributed by atoms with Crippen LogP contribution in [-0.4, -0.2) is 0 Å². The standard InChI is InChI=1S/C28H34S2/c1-2-3-4-5-6-7-8-9-10-11-14-22-17-19-23(20-18-22)26-21-27-28(30-26)24-15-12-13-16-25(24)29-27/h12-13,15-21H,2-11,14H2,1H3. The predicted octanol–water partition coefficient (Wildman–Crippen LogP) is 10.2. The number of thiophene rings is 2. The van der Waals surface area contributed by atoms with Crippen molar-refractivity contribution in [3.8, 4) is 10.4 Å². The van der Waals surface area contributed by atoms with Crippen molar-refractivity contribution in [1.82, 2.24) is 0 Å². The Morgan fingerprint density at radius 2 is 1.30 bits per heavy atom. The van der Waals surface area contributed by atoms with Gasteiger partial charge >= 0.3 is 0 Å². The first-order valence-corrected chi connectivity index (χ1v) is 13.5. The highest BCUT2D eigenvalue weighted by atomic mass is 32.1. The Kier molecular flexibility index (Phi) is 8.00. The number of unbranched alkanes of at least 4 members (excludes halogenated alkanes) is 9. The molecule has 0 aliphatic heterocycles. The van der Waals surface area contributed by atoms with E-state index in [2.05, 4.69) is 61.5 Å². The van der Waals surface area contributed by atoms with Crippen LogP contribution in [0.2, 0.25) is 0 Å². The van der Waals surface area contributed by atoms with Crippen molar-refractivity contribution in [3.63, 3.8) is 0 Å². The smallest absolute Gasteiger partial charge is 0.0535 e. The number of benzene rings is 2. The topological polar surface area (TPSA) is 0 Å². The van der Waals surface area contributed by atoms with Gasteiger partial charge in [-0.3, -0.25) is 0 Å².